The zero-order chi connectivity index (χ0) is 27.4. The zero-order valence-corrected chi connectivity index (χ0v) is 21.2. The molecule has 11 heteroatoms. The molecule has 2 aliphatic rings. The van der Waals surface area contributed by atoms with Crippen molar-refractivity contribution in [1.82, 2.24) is 0 Å². The van der Waals surface area contributed by atoms with Gasteiger partial charge in [0.1, 0.15) is 12.2 Å². The maximum Gasteiger partial charge on any atom is 0.342 e. The molecule has 0 radical (unpaired) electrons. The molecule has 1 heterocycles. The van der Waals surface area contributed by atoms with Crippen LogP contribution in [-0.4, -0.2) is 72.1 Å². The summed E-state index contributed by atoms with van der Waals surface area (Å²) in [6.07, 6.45) is -1.39. The molecule has 0 amide bonds. The molecule has 2 rings (SSSR count). The first-order valence-electron chi connectivity index (χ1n) is 11.3. The molecule has 0 unspecified atom stereocenters. The van der Waals surface area contributed by atoms with Gasteiger partial charge in [-0.2, -0.15) is 0 Å². The molecule has 0 aromatic rings. The summed E-state index contributed by atoms with van der Waals surface area (Å²) in [5, 5.41) is 10.8. The van der Waals surface area contributed by atoms with Crippen LogP contribution >= 0.6 is 0 Å². The number of ether oxygens (including phenoxy) is 5. The Balaban J connectivity index is 2.68. The van der Waals surface area contributed by atoms with E-state index in [1.807, 2.05) is 0 Å². The Morgan fingerprint density at radius 1 is 1.19 bits per heavy atom. The smallest absolute Gasteiger partial charge is 0.342 e. The molecule has 1 fully saturated rings. The van der Waals surface area contributed by atoms with Gasteiger partial charge in [-0.05, 0) is 39.7 Å². The highest BCUT2D eigenvalue weighted by molar-refractivity contribution is 5.93. The van der Waals surface area contributed by atoms with E-state index < -0.39 is 65.8 Å². The zero-order valence-electron chi connectivity index (χ0n) is 21.2. The Hall–Kier alpha value is -3.47. The predicted octanol–water partition coefficient (Wildman–Crippen LogP) is 1.47. The van der Waals surface area contributed by atoms with Gasteiger partial charge in [0.25, 0.3) is 0 Å². The van der Waals surface area contributed by atoms with E-state index in [2.05, 4.69) is 6.58 Å². The lowest BCUT2D eigenvalue weighted by molar-refractivity contribution is -0.196. The van der Waals surface area contributed by atoms with Gasteiger partial charge in [0.15, 0.2) is 17.8 Å². The van der Waals surface area contributed by atoms with Gasteiger partial charge >= 0.3 is 29.8 Å². The third kappa shape index (κ3) is 6.39. The van der Waals surface area contributed by atoms with Crippen molar-refractivity contribution in [3.63, 3.8) is 0 Å². The van der Waals surface area contributed by atoms with Gasteiger partial charge in [-0.3, -0.25) is 9.59 Å². The number of carbonyl (C=O) groups excluding carboxylic acids is 5. The molecule has 0 bridgehead atoms. The molecule has 11 nitrogen and oxygen atoms in total. The number of aliphatic hydroxyl groups is 1. The highest BCUT2D eigenvalue weighted by Crippen LogP contribution is 2.38. The first-order valence-corrected chi connectivity index (χ1v) is 11.3. The summed E-state index contributed by atoms with van der Waals surface area (Å²) in [5.41, 5.74) is -1.74. The standard InChI is InChI=1S/C25H32O11/c1-12-9-8-10-17(23(29)32-7)20(34-16(5)27)21(19-13(2)22(28)35-18(19)11-12)36-24(30)25(6,31)14(3)33-15(4)26/h10-11,14,18-21,31H,2,8-9H2,1,3-7H3/b12-11-,17-10+/t14-,18-,19+,20+,21-,25-/m1/s1. The maximum absolute atomic E-state index is 13.2. The molecule has 198 valence electrons. The topological polar surface area (TPSA) is 152 Å². The van der Waals surface area contributed by atoms with Crippen LogP contribution in [0.25, 0.3) is 0 Å². The van der Waals surface area contributed by atoms with Crippen LogP contribution in [0.4, 0.5) is 0 Å². The first-order chi connectivity index (χ1) is 16.7. The molecule has 1 N–H and O–H groups in total. The molecular formula is C25H32O11. The van der Waals surface area contributed by atoms with Crippen LogP contribution in [-0.2, 0) is 47.7 Å². The second-order valence-corrected chi connectivity index (χ2v) is 8.92. The quantitative estimate of drug-likeness (QED) is 0.240. The average molecular weight is 509 g/mol. The molecule has 1 aliphatic heterocycles. The van der Waals surface area contributed by atoms with E-state index in [1.54, 1.807) is 13.0 Å². The minimum absolute atomic E-state index is 0.0866. The van der Waals surface area contributed by atoms with Gasteiger partial charge in [0.05, 0.1) is 18.6 Å². The lowest BCUT2D eigenvalue weighted by Gasteiger charge is -2.36. The maximum atomic E-state index is 13.2. The average Bonchev–Trinajstić information content (AvgIpc) is 3.04. The van der Waals surface area contributed by atoms with E-state index in [9.17, 15) is 29.1 Å². The fourth-order valence-corrected chi connectivity index (χ4v) is 3.96. The normalized spacial score (nSPS) is 29.5. The lowest BCUT2D eigenvalue weighted by Crippen LogP contribution is -2.53. The summed E-state index contributed by atoms with van der Waals surface area (Å²) < 4.78 is 26.4. The summed E-state index contributed by atoms with van der Waals surface area (Å²) >= 11 is 0. The van der Waals surface area contributed by atoms with E-state index in [4.69, 9.17) is 23.7 Å². The van der Waals surface area contributed by atoms with Gasteiger partial charge < -0.3 is 28.8 Å². The molecule has 0 spiro atoms. The van der Waals surface area contributed by atoms with Gasteiger partial charge in [-0.1, -0.05) is 18.2 Å². The Morgan fingerprint density at radius 2 is 1.83 bits per heavy atom. The van der Waals surface area contributed by atoms with Crippen LogP contribution in [0.15, 0.2) is 35.5 Å². The third-order valence-electron chi connectivity index (χ3n) is 6.08. The molecule has 36 heavy (non-hydrogen) atoms. The Kier molecular flexibility index (Phi) is 9.20. The van der Waals surface area contributed by atoms with Crippen molar-refractivity contribution in [2.24, 2.45) is 5.92 Å². The second kappa shape index (κ2) is 11.5. The number of esters is 5. The van der Waals surface area contributed by atoms with Gasteiger partial charge in [-0.25, -0.2) is 14.4 Å². The van der Waals surface area contributed by atoms with Crippen LogP contribution in [0.1, 0.15) is 47.5 Å². The molecule has 6 atom stereocenters. The highest BCUT2D eigenvalue weighted by Gasteiger charge is 2.52. The Labute approximate surface area is 209 Å². The van der Waals surface area contributed by atoms with Crippen molar-refractivity contribution in [2.75, 3.05) is 7.11 Å². The van der Waals surface area contributed by atoms with Crippen LogP contribution in [0.2, 0.25) is 0 Å². The number of fused-ring (bicyclic) bond motifs is 1. The van der Waals surface area contributed by atoms with Crippen molar-refractivity contribution in [3.8, 4) is 0 Å². The Morgan fingerprint density at radius 3 is 2.39 bits per heavy atom. The van der Waals surface area contributed by atoms with Gasteiger partial charge in [-0.15, -0.1) is 0 Å². The number of allylic oxidation sites excluding steroid dienone is 2. The van der Waals surface area contributed by atoms with Crippen molar-refractivity contribution >= 4 is 29.8 Å². The molecule has 1 saturated heterocycles. The summed E-state index contributed by atoms with van der Waals surface area (Å²) in [4.78, 5) is 61.9. The summed E-state index contributed by atoms with van der Waals surface area (Å²) in [6.45, 7) is 10.1. The molecule has 1 aliphatic carbocycles. The van der Waals surface area contributed by atoms with Crippen molar-refractivity contribution in [2.45, 2.75) is 77.5 Å². The molecule has 0 aromatic heterocycles. The highest BCUT2D eigenvalue weighted by atomic mass is 16.6. The number of methoxy groups -OCH3 is 1. The molecule has 0 aromatic carbocycles. The second-order valence-electron chi connectivity index (χ2n) is 8.92. The number of hydrogen-bond donors (Lipinski definition) is 1. The minimum Gasteiger partial charge on any atom is -0.466 e. The van der Waals surface area contributed by atoms with Crippen molar-refractivity contribution in [3.05, 3.63) is 35.5 Å². The summed E-state index contributed by atoms with van der Waals surface area (Å²) in [7, 11) is 1.13. The van der Waals surface area contributed by atoms with Crippen LogP contribution in [0.3, 0.4) is 0 Å². The molecular weight excluding hydrogens is 476 g/mol. The summed E-state index contributed by atoms with van der Waals surface area (Å²) in [6, 6.07) is 0. The van der Waals surface area contributed by atoms with E-state index in [1.165, 1.54) is 13.0 Å². The van der Waals surface area contributed by atoms with E-state index in [-0.39, 0.29) is 11.1 Å². The SMILES string of the molecule is C=C1C(=O)O[C@@H]2/C=C(/C)CC/C=C(/C(=O)OC)[C@H](OC(C)=O)[C@H](OC(=O)[C@](C)(O)[C@@H](C)OC(C)=O)[C@@H]12. The fraction of sp³-hybridized carbons (Fsp3) is 0.560. The number of carbonyl (C=O) groups is 5. The van der Waals surface area contributed by atoms with Crippen LogP contribution in [0, 0.1) is 5.92 Å². The Bertz CT molecular complexity index is 1000. The first kappa shape index (κ1) is 28.8. The van der Waals surface area contributed by atoms with E-state index in [0.717, 1.165) is 33.5 Å². The van der Waals surface area contributed by atoms with Crippen molar-refractivity contribution < 1.29 is 52.8 Å². The van der Waals surface area contributed by atoms with Gasteiger partial charge in [0, 0.05) is 19.4 Å². The summed E-state index contributed by atoms with van der Waals surface area (Å²) in [5.74, 6) is -5.52. The van der Waals surface area contributed by atoms with Crippen LogP contribution < -0.4 is 0 Å². The molecule has 0 saturated carbocycles. The van der Waals surface area contributed by atoms with Crippen molar-refractivity contribution in [1.29, 1.82) is 0 Å². The largest absolute Gasteiger partial charge is 0.466 e. The number of rotatable bonds is 6. The monoisotopic (exact) mass is 508 g/mol. The number of hydrogen-bond acceptors (Lipinski definition) is 11. The van der Waals surface area contributed by atoms with Gasteiger partial charge in [0.2, 0.25) is 0 Å². The van der Waals surface area contributed by atoms with E-state index >= 15 is 0 Å². The van der Waals surface area contributed by atoms with E-state index in [0.29, 0.717) is 12.8 Å². The third-order valence-corrected chi connectivity index (χ3v) is 6.08. The minimum atomic E-state index is -2.34. The predicted molar refractivity (Wildman–Crippen MR) is 123 cm³/mol. The lowest BCUT2D eigenvalue weighted by atomic mass is 9.83. The fourth-order valence-electron chi connectivity index (χ4n) is 3.96. The van der Waals surface area contributed by atoms with Crippen LogP contribution in [0.5, 0.6) is 0 Å².